The molecule has 1 aromatic heterocycles. The molecule has 2 heterocycles. The Morgan fingerprint density at radius 3 is 2.73 bits per heavy atom. The summed E-state index contributed by atoms with van der Waals surface area (Å²) in [6.07, 6.45) is 4.44. The molecule has 2 aromatic carbocycles. The van der Waals surface area contributed by atoms with Gasteiger partial charge in [0.05, 0.1) is 24.3 Å². The zero-order valence-corrected chi connectivity index (χ0v) is 15.4. The second-order valence-corrected chi connectivity index (χ2v) is 7.13. The number of aromatic nitrogens is 1. The van der Waals surface area contributed by atoms with Crippen molar-refractivity contribution in [3.8, 4) is 21.9 Å². The highest BCUT2D eigenvalue weighted by Crippen LogP contribution is 2.36. The van der Waals surface area contributed by atoms with Gasteiger partial charge >= 0.3 is 0 Å². The van der Waals surface area contributed by atoms with Crippen LogP contribution >= 0.6 is 22.9 Å². The number of ether oxygens (including phenoxy) is 2. The summed E-state index contributed by atoms with van der Waals surface area (Å²) in [5.41, 5.74) is 4.96. The second-order valence-electron chi connectivity index (χ2n) is 5.66. The van der Waals surface area contributed by atoms with Crippen LogP contribution in [0.5, 0.6) is 11.5 Å². The normalized spacial score (nSPS) is 13.6. The Hall–Kier alpha value is -2.57. The Bertz CT molecular complexity index is 925. The number of anilines is 1. The molecule has 0 unspecified atom stereocenters. The maximum Gasteiger partial charge on any atom is 0.203 e. The molecule has 0 radical (unpaired) electrons. The first-order chi connectivity index (χ1) is 12.8. The lowest BCUT2D eigenvalue weighted by Gasteiger charge is -2.08. The van der Waals surface area contributed by atoms with Crippen LogP contribution in [0.25, 0.3) is 10.4 Å². The molecule has 0 spiro atoms. The van der Waals surface area contributed by atoms with Gasteiger partial charge in [0.25, 0.3) is 0 Å². The summed E-state index contributed by atoms with van der Waals surface area (Å²) < 4.78 is 11.4. The van der Waals surface area contributed by atoms with Gasteiger partial charge in [0, 0.05) is 17.6 Å². The quantitative estimate of drug-likeness (QED) is 0.503. The topological polar surface area (TPSA) is 55.7 Å². The van der Waals surface area contributed by atoms with Crippen LogP contribution in [0.4, 0.5) is 5.13 Å². The monoisotopic (exact) mass is 385 g/mol. The third kappa shape index (κ3) is 3.98. The number of thiazole rings is 1. The van der Waals surface area contributed by atoms with E-state index in [9.17, 15) is 0 Å². The van der Waals surface area contributed by atoms with Crippen LogP contribution in [-0.4, -0.2) is 24.4 Å². The van der Waals surface area contributed by atoms with E-state index in [1.165, 1.54) is 11.3 Å². The number of halogens is 1. The highest BCUT2D eigenvalue weighted by atomic mass is 35.5. The molecule has 0 saturated carbocycles. The Morgan fingerprint density at radius 2 is 1.88 bits per heavy atom. The molecule has 0 atom stereocenters. The lowest BCUT2D eigenvalue weighted by molar-refractivity contribution is 0.297. The molecule has 0 fully saturated rings. The van der Waals surface area contributed by atoms with Gasteiger partial charge in [0.15, 0.2) is 11.5 Å². The maximum atomic E-state index is 5.87. The average Bonchev–Trinajstić information content (AvgIpc) is 3.00. The van der Waals surface area contributed by atoms with Crippen molar-refractivity contribution < 1.29 is 9.47 Å². The molecule has 0 saturated heterocycles. The van der Waals surface area contributed by atoms with Crippen LogP contribution in [0.15, 0.2) is 53.8 Å². The Balaban J connectivity index is 1.46. The Kier molecular flexibility index (Phi) is 5.04. The zero-order valence-electron chi connectivity index (χ0n) is 13.8. The number of benzene rings is 2. The van der Waals surface area contributed by atoms with Crippen LogP contribution < -0.4 is 14.9 Å². The zero-order chi connectivity index (χ0) is 17.8. The molecule has 5 nitrogen and oxygen atoms in total. The van der Waals surface area contributed by atoms with Crippen LogP contribution in [0.3, 0.4) is 0 Å². The summed E-state index contributed by atoms with van der Waals surface area (Å²) in [7, 11) is 0. The van der Waals surface area contributed by atoms with Crippen molar-refractivity contribution in [2.75, 3.05) is 18.6 Å². The van der Waals surface area contributed by atoms with Crippen molar-refractivity contribution in [2.45, 2.75) is 6.42 Å². The first-order valence-corrected chi connectivity index (χ1v) is 9.38. The fourth-order valence-electron chi connectivity index (χ4n) is 2.49. The minimum atomic E-state index is 0.672. The summed E-state index contributed by atoms with van der Waals surface area (Å²) in [5.74, 6) is 1.57. The predicted molar refractivity (Wildman–Crippen MR) is 106 cm³/mol. The van der Waals surface area contributed by atoms with Crippen molar-refractivity contribution in [1.82, 2.24) is 4.98 Å². The first-order valence-electron chi connectivity index (χ1n) is 8.18. The highest BCUT2D eigenvalue weighted by Gasteiger charge is 2.12. The number of nitrogens with zero attached hydrogens (tertiary/aromatic N) is 2. The number of fused-ring (bicyclic) bond motifs is 1. The van der Waals surface area contributed by atoms with Gasteiger partial charge in [-0.25, -0.2) is 4.98 Å². The van der Waals surface area contributed by atoms with Crippen molar-refractivity contribution >= 4 is 34.3 Å². The molecule has 7 heteroatoms. The van der Waals surface area contributed by atoms with Gasteiger partial charge in [-0.1, -0.05) is 35.1 Å². The number of rotatable bonds is 4. The lowest BCUT2D eigenvalue weighted by atomic mass is 10.2. The van der Waals surface area contributed by atoms with Crippen LogP contribution in [0, 0.1) is 0 Å². The van der Waals surface area contributed by atoms with E-state index < -0.39 is 0 Å². The molecule has 3 aromatic rings. The lowest BCUT2D eigenvalue weighted by Crippen LogP contribution is -1.97. The molecule has 1 aliphatic rings. The van der Waals surface area contributed by atoms with Crippen molar-refractivity contribution in [3.05, 3.63) is 59.2 Å². The molecule has 4 rings (SSSR count). The third-order valence-electron chi connectivity index (χ3n) is 3.78. The van der Waals surface area contributed by atoms with Gasteiger partial charge < -0.3 is 9.47 Å². The van der Waals surface area contributed by atoms with Crippen LogP contribution in [0.1, 0.15) is 12.0 Å². The minimum Gasteiger partial charge on any atom is -0.490 e. The fraction of sp³-hybridized carbons (Fsp3) is 0.158. The molecular weight excluding hydrogens is 370 g/mol. The van der Waals surface area contributed by atoms with Crippen LogP contribution in [-0.2, 0) is 0 Å². The average molecular weight is 386 g/mol. The summed E-state index contributed by atoms with van der Waals surface area (Å²) in [5, 5.41) is 5.64. The van der Waals surface area contributed by atoms with E-state index in [-0.39, 0.29) is 0 Å². The van der Waals surface area contributed by atoms with Gasteiger partial charge in [0.2, 0.25) is 5.13 Å². The Morgan fingerprint density at radius 1 is 1.08 bits per heavy atom. The largest absolute Gasteiger partial charge is 0.490 e. The first kappa shape index (κ1) is 16.9. The van der Waals surface area contributed by atoms with E-state index in [1.54, 1.807) is 6.21 Å². The molecule has 1 aliphatic heterocycles. The van der Waals surface area contributed by atoms with E-state index in [0.717, 1.165) is 39.1 Å². The van der Waals surface area contributed by atoms with E-state index in [0.29, 0.717) is 18.2 Å². The van der Waals surface area contributed by atoms with Gasteiger partial charge in [-0.15, -0.1) is 0 Å². The van der Waals surface area contributed by atoms with Gasteiger partial charge in [-0.2, -0.15) is 5.10 Å². The van der Waals surface area contributed by atoms with Gasteiger partial charge in [-0.05, 0) is 41.5 Å². The van der Waals surface area contributed by atoms with Gasteiger partial charge in [0.1, 0.15) is 0 Å². The SMILES string of the molecule is Clc1ccc(/C=N\Nc2ncc(-c3ccc4c(c3)OCCCO4)s2)cc1. The maximum absolute atomic E-state index is 5.87. The highest BCUT2D eigenvalue weighted by molar-refractivity contribution is 7.18. The minimum absolute atomic E-state index is 0.672. The molecular formula is C19H16ClN3O2S. The standard InChI is InChI=1S/C19H16ClN3O2S/c20-15-5-2-13(3-6-15)11-22-23-19-21-12-18(26-19)14-4-7-16-17(10-14)25-9-1-8-24-16/h2-7,10-12H,1,8-9H2,(H,21,23)/b22-11-. The fourth-order valence-corrected chi connectivity index (χ4v) is 3.37. The van der Waals surface area contributed by atoms with E-state index in [2.05, 4.69) is 15.5 Å². The predicted octanol–water partition coefficient (Wildman–Crippen LogP) is 5.07. The molecule has 26 heavy (non-hydrogen) atoms. The summed E-state index contributed by atoms with van der Waals surface area (Å²) >= 11 is 7.40. The molecule has 1 N–H and O–H groups in total. The summed E-state index contributed by atoms with van der Waals surface area (Å²) in [6, 6.07) is 13.4. The summed E-state index contributed by atoms with van der Waals surface area (Å²) in [6.45, 7) is 1.36. The number of hydrogen-bond acceptors (Lipinski definition) is 6. The molecule has 0 amide bonds. The number of hydrazone groups is 1. The molecule has 0 aliphatic carbocycles. The smallest absolute Gasteiger partial charge is 0.203 e. The van der Waals surface area contributed by atoms with Crippen molar-refractivity contribution in [2.24, 2.45) is 5.10 Å². The van der Waals surface area contributed by atoms with Crippen LogP contribution in [0.2, 0.25) is 5.02 Å². The summed E-state index contributed by atoms with van der Waals surface area (Å²) in [4.78, 5) is 5.40. The second kappa shape index (κ2) is 7.76. The van der Waals surface area contributed by atoms with Crippen molar-refractivity contribution in [1.29, 1.82) is 0 Å². The van der Waals surface area contributed by atoms with Gasteiger partial charge in [-0.3, -0.25) is 5.43 Å². The number of nitrogens with one attached hydrogen (secondary N) is 1. The van der Waals surface area contributed by atoms with E-state index in [4.69, 9.17) is 21.1 Å². The van der Waals surface area contributed by atoms with E-state index >= 15 is 0 Å². The van der Waals surface area contributed by atoms with E-state index in [1.807, 2.05) is 48.7 Å². The third-order valence-corrected chi connectivity index (χ3v) is 4.98. The molecule has 132 valence electrons. The Labute approximate surface area is 160 Å². The van der Waals surface area contributed by atoms with Crippen molar-refractivity contribution in [3.63, 3.8) is 0 Å². The molecule has 0 bridgehead atoms. The number of hydrogen-bond donors (Lipinski definition) is 1.